The minimum absolute atomic E-state index is 0.295. The highest BCUT2D eigenvalue weighted by atomic mass is 127. The highest BCUT2D eigenvalue weighted by Crippen LogP contribution is 2.61. The topological polar surface area (TPSA) is 32.3 Å². The van der Waals surface area contributed by atoms with Crippen molar-refractivity contribution in [1.29, 1.82) is 0 Å². The summed E-state index contributed by atoms with van der Waals surface area (Å²) in [6, 6.07) is 0. The van der Waals surface area contributed by atoms with Crippen LogP contribution in [0.1, 0.15) is 51.9 Å². The van der Waals surface area contributed by atoms with Gasteiger partial charge in [-0.15, -0.1) is 0 Å². The highest BCUT2D eigenvalue weighted by molar-refractivity contribution is 14.1. The van der Waals surface area contributed by atoms with E-state index in [2.05, 4.69) is 39.7 Å². The van der Waals surface area contributed by atoms with Crippen LogP contribution in [0, 0.1) is 23.2 Å². The van der Waals surface area contributed by atoms with E-state index in [1.54, 1.807) is 0 Å². The van der Waals surface area contributed by atoms with Crippen molar-refractivity contribution in [2.45, 2.75) is 51.9 Å². The average molecular weight is 420 g/mol. The molecule has 4 aliphatic rings. The summed E-state index contributed by atoms with van der Waals surface area (Å²) in [5.74, 6) is 3.13. The molecule has 0 aromatic rings. The smallest absolute Gasteiger partial charge is 0.220 e. The molecule has 0 aromatic carbocycles. The number of nitrogens with one attached hydrogen (secondary N) is 1. The minimum atomic E-state index is 0.295. The van der Waals surface area contributed by atoms with Gasteiger partial charge in [-0.1, -0.05) is 29.5 Å². The second-order valence-electron chi connectivity index (χ2n) is 8.01. The second-order valence-corrected chi connectivity index (χ2v) is 9.54. The molecular weight excluding hydrogens is 387 g/mol. The fraction of sp³-hybridized carbons (Fsp3) is 0.944. The van der Waals surface area contributed by atoms with Crippen LogP contribution in [0.5, 0.6) is 0 Å². The maximum atomic E-state index is 12.2. The van der Waals surface area contributed by atoms with Gasteiger partial charge in [0.2, 0.25) is 5.91 Å². The average Bonchev–Trinajstić information content (AvgIpc) is 2.36. The van der Waals surface area contributed by atoms with E-state index in [4.69, 9.17) is 0 Å². The number of alkyl halides is 1. The molecule has 0 atom stereocenters. The molecule has 4 heteroatoms. The van der Waals surface area contributed by atoms with E-state index < -0.39 is 0 Å². The lowest BCUT2D eigenvalue weighted by atomic mass is 9.49. The Morgan fingerprint density at radius 2 is 1.59 bits per heavy atom. The molecule has 0 spiro atoms. The SMILES string of the molecule is CCI.CN(C)CCNC(=O)CC12CC3CC(CC(C3)C1)C2. The first-order valence-electron chi connectivity index (χ1n) is 8.93. The summed E-state index contributed by atoms with van der Waals surface area (Å²) in [4.78, 5) is 14.3. The summed E-state index contributed by atoms with van der Waals surface area (Å²) >= 11 is 2.29. The Morgan fingerprint density at radius 1 is 1.14 bits per heavy atom. The fourth-order valence-corrected chi connectivity index (χ4v) is 5.33. The molecule has 128 valence electrons. The lowest BCUT2D eigenvalue weighted by Crippen LogP contribution is -2.48. The lowest BCUT2D eigenvalue weighted by Gasteiger charge is -2.56. The molecule has 0 radical (unpaired) electrons. The van der Waals surface area contributed by atoms with Crippen molar-refractivity contribution in [3.8, 4) is 0 Å². The zero-order valence-electron chi connectivity index (χ0n) is 14.5. The Bertz CT molecular complexity index is 335. The van der Waals surface area contributed by atoms with E-state index in [1.165, 1.54) is 43.0 Å². The van der Waals surface area contributed by atoms with Crippen LogP contribution in [0.25, 0.3) is 0 Å². The quantitative estimate of drug-likeness (QED) is 0.543. The number of nitrogens with zero attached hydrogens (tertiary/aromatic N) is 1. The zero-order valence-corrected chi connectivity index (χ0v) is 16.7. The second kappa shape index (κ2) is 8.32. The van der Waals surface area contributed by atoms with Gasteiger partial charge in [0.15, 0.2) is 0 Å². The van der Waals surface area contributed by atoms with E-state index >= 15 is 0 Å². The zero-order chi connectivity index (χ0) is 16.2. The Balaban J connectivity index is 0.000000545. The Hall–Kier alpha value is 0.160. The van der Waals surface area contributed by atoms with Crippen molar-refractivity contribution in [3.63, 3.8) is 0 Å². The summed E-state index contributed by atoms with van der Waals surface area (Å²) in [6.45, 7) is 3.84. The molecule has 3 nitrogen and oxygen atoms in total. The maximum Gasteiger partial charge on any atom is 0.220 e. The molecule has 1 amide bonds. The molecule has 4 rings (SSSR count). The summed E-state index contributed by atoms with van der Waals surface area (Å²) in [6.07, 6.45) is 9.18. The first kappa shape index (κ1) is 18.5. The van der Waals surface area contributed by atoms with E-state index in [0.29, 0.717) is 11.3 Å². The lowest BCUT2D eigenvalue weighted by molar-refractivity contribution is -0.129. The number of rotatable bonds is 5. The molecule has 4 fully saturated rings. The maximum absolute atomic E-state index is 12.2. The Morgan fingerprint density at radius 3 is 2.00 bits per heavy atom. The highest BCUT2D eigenvalue weighted by Gasteiger charge is 2.51. The molecule has 4 saturated carbocycles. The van der Waals surface area contributed by atoms with Crippen LogP contribution in [0.4, 0.5) is 0 Å². The first-order valence-corrected chi connectivity index (χ1v) is 10.5. The summed E-state index contributed by atoms with van der Waals surface area (Å²) < 4.78 is 1.22. The van der Waals surface area contributed by atoms with Crippen molar-refractivity contribution < 1.29 is 4.79 Å². The van der Waals surface area contributed by atoms with Gasteiger partial charge < -0.3 is 10.2 Å². The van der Waals surface area contributed by atoms with Gasteiger partial charge in [0.25, 0.3) is 0 Å². The number of carbonyl (C=O) groups is 1. The summed E-state index contributed by atoms with van der Waals surface area (Å²) in [5, 5.41) is 3.11. The van der Waals surface area contributed by atoms with Crippen LogP contribution in [0.15, 0.2) is 0 Å². The summed E-state index contributed by atoms with van der Waals surface area (Å²) in [5.41, 5.74) is 0.386. The third-order valence-electron chi connectivity index (χ3n) is 5.58. The van der Waals surface area contributed by atoms with Crippen molar-refractivity contribution in [1.82, 2.24) is 10.2 Å². The molecular formula is C18H33IN2O. The normalized spacial score (nSPS) is 35.2. The largest absolute Gasteiger partial charge is 0.355 e. The van der Waals surface area contributed by atoms with Gasteiger partial charge in [0.05, 0.1) is 0 Å². The van der Waals surface area contributed by atoms with E-state index in [1.807, 2.05) is 14.1 Å². The molecule has 4 bridgehead atoms. The standard InChI is InChI=1S/C16H28N2O.C2H5I/c1-18(2)4-3-17-15(19)11-16-8-12-5-13(9-16)7-14(6-12)10-16;1-2-3/h12-14H,3-11H2,1-2H3,(H,17,19);2H2,1H3. The predicted molar refractivity (Wildman–Crippen MR) is 101 cm³/mol. The number of hydrogen-bond donors (Lipinski definition) is 1. The molecule has 0 aromatic heterocycles. The van der Waals surface area contributed by atoms with Gasteiger partial charge in [0, 0.05) is 19.5 Å². The Kier molecular flexibility index (Phi) is 6.99. The van der Waals surface area contributed by atoms with Crippen LogP contribution < -0.4 is 5.32 Å². The molecule has 0 saturated heterocycles. The summed E-state index contributed by atoms with van der Waals surface area (Å²) in [7, 11) is 4.09. The molecule has 1 N–H and O–H groups in total. The van der Waals surface area contributed by atoms with Gasteiger partial charge in [-0.25, -0.2) is 0 Å². The van der Waals surface area contributed by atoms with E-state index in [-0.39, 0.29) is 0 Å². The first-order chi connectivity index (χ1) is 10.5. The van der Waals surface area contributed by atoms with E-state index in [0.717, 1.165) is 37.3 Å². The van der Waals surface area contributed by atoms with Gasteiger partial charge in [-0.05, 0) is 80.2 Å². The number of likely N-dealkylation sites (N-methyl/N-ethyl adjacent to an activating group) is 1. The van der Waals surface area contributed by atoms with Gasteiger partial charge in [0.1, 0.15) is 0 Å². The van der Waals surface area contributed by atoms with Crippen LogP contribution in [-0.2, 0) is 4.79 Å². The number of carbonyl (C=O) groups excluding carboxylic acids is 1. The molecule has 0 aliphatic heterocycles. The third-order valence-corrected chi connectivity index (χ3v) is 5.58. The van der Waals surface area contributed by atoms with Gasteiger partial charge in [-0.2, -0.15) is 0 Å². The van der Waals surface area contributed by atoms with E-state index in [9.17, 15) is 4.79 Å². The number of hydrogen-bond acceptors (Lipinski definition) is 2. The molecule has 0 unspecified atom stereocenters. The van der Waals surface area contributed by atoms with Crippen LogP contribution in [0.3, 0.4) is 0 Å². The van der Waals surface area contributed by atoms with Crippen LogP contribution in [-0.4, -0.2) is 42.4 Å². The molecule has 0 heterocycles. The minimum Gasteiger partial charge on any atom is -0.355 e. The van der Waals surface area contributed by atoms with Crippen LogP contribution >= 0.6 is 22.6 Å². The van der Waals surface area contributed by atoms with Gasteiger partial charge >= 0.3 is 0 Å². The van der Waals surface area contributed by atoms with Crippen molar-refractivity contribution in [3.05, 3.63) is 0 Å². The van der Waals surface area contributed by atoms with Gasteiger partial charge in [-0.3, -0.25) is 4.79 Å². The molecule has 4 aliphatic carbocycles. The number of halogens is 1. The fourth-order valence-electron chi connectivity index (χ4n) is 5.33. The van der Waals surface area contributed by atoms with Crippen LogP contribution in [0.2, 0.25) is 0 Å². The Labute approximate surface area is 150 Å². The van der Waals surface area contributed by atoms with Crippen molar-refractivity contribution in [2.75, 3.05) is 31.6 Å². The number of amides is 1. The van der Waals surface area contributed by atoms with Crippen molar-refractivity contribution in [2.24, 2.45) is 23.2 Å². The molecule has 22 heavy (non-hydrogen) atoms. The predicted octanol–water partition coefficient (Wildman–Crippen LogP) is 3.71. The van der Waals surface area contributed by atoms with Crippen molar-refractivity contribution >= 4 is 28.5 Å². The third kappa shape index (κ3) is 5.08. The monoisotopic (exact) mass is 420 g/mol.